The van der Waals surface area contributed by atoms with Crippen molar-refractivity contribution in [1.29, 1.82) is 0 Å². The van der Waals surface area contributed by atoms with Crippen molar-refractivity contribution in [2.24, 2.45) is 17.8 Å². The maximum atomic E-state index is 12.5. The third kappa shape index (κ3) is 22.0. The molecule has 6 aromatic carbocycles. The Morgan fingerprint density at radius 1 is 0.571 bits per heavy atom. The second-order valence-corrected chi connectivity index (χ2v) is 26.4. The zero-order valence-electron chi connectivity index (χ0n) is 54.2. The number of nitrogen functional groups attached to an aromatic ring is 1. The minimum atomic E-state index is -0.912. The molecule has 27 heteroatoms. The molecular formula is C71H71Br3ClN13O10. The number of ether oxygens (including phenoxy) is 2. The van der Waals surface area contributed by atoms with Gasteiger partial charge in [-0.25, -0.2) is 29.9 Å². The van der Waals surface area contributed by atoms with Crippen molar-refractivity contribution in [3.8, 4) is 0 Å². The summed E-state index contributed by atoms with van der Waals surface area (Å²) in [6.07, 6.45) is 7.44. The van der Waals surface area contributed by atoms with E-state index in [0.29, 0.717) is 53.7 Å². The van der Waals surface area contributed by atoms with Crippen LogP contribution in [0.1, 0.15) is 65.2 Å². The normalized spacial score (nSPS) is 16.0. The number of benzene rings is 6. The summed E-state index contributed by atoms with van der Waals surface area (Å²) >= 11 is 16.1. The Kier molecular flexibility index (Phi) is 26.9. The third-order valence-electron chi connectivity index (χ3n) is 15.3. The van der Waals surface area contributed by atoms with Crippen LogP contribution in [-0.4, -0.2) is 115 Å². The SMILES string of the molecule is CC(C)=C(Cl)N(C)C.COC1=CC(=O)C(CC(=O)Nc2ccc3ncnc(Nc4cccc(Br)c4)c3c2)C1.COC1CC(=O)C(CC(=O)O)C1.Nc1ccc2ncnc(Nc3cccc(Br)c3)c2c1.O=C1CC(=O)C(CC(=O)Nc2ccc3ncnc(Nc4cccc(Br)c4)c3c2)C1. The van der Waals surface area contributed by atoms with E-state index in [1.807, 2.05) is 136 Å². The van der Waals surface area contributed by atoms with E-state index in [0.717, 1.165) is 79.7 Å². The molecule has 0 spiro atoms. The maximum absolute atomic E-state index is 12.5. The van der Waals surface area contributed by atoms with Crippen LogP contribution in [0.5, 0.6) is 0 Å². The van der Waals surface area contributed by atoms with Crippen LogP contribution >= 0.6 is 59.4 Å². The Balaban J connectivity index is 0.000000167. The largest absolute Gasteiger partial charge is 0.501 e. The quantitative estimate of drug-likeness (QED) is 0.0253. The summed E-state index contributed by atoms with van der Waals surface area (Å²) in [5.74, 6) is -0.355. The van der Waals surface area contributed by atoms with Crippen LogP contribution in [0, 0.1) is 17.8 Å². The minimum Gasteiger partial charge on any atom is -0.501 e. The number of carbonyl (C=O) groups excluding carboxylic acids is 6. The average molecular weight is 1540 g/mol. The molecule has 4 unspecified atom stereocenters. The molecule has 3 aliphatic rings. The topological polar surface area (TPSA) is 325 Å². The number of aromatic nitrogens is 6. The van der Waals surface area contributed by atoms with Crippen LogP contribution in [0.2, 0.25) is 0 Å². The maximum Gasteiger partial charge on any atom is 0.304 e. The van der Waals surface area contributed by atoms with Crippen LogP contribution in [0.3, 0.4) is 0 Å². The summed E-state index contributed by atoms with van der Waals surface area (Å²) in [5.41, 5.74) is 13.9. The van der Waals surface area contributed by atoms with Gasteiger partial charge in [-0.1, -0.05) is 77.6 Å². The summed E-state index contributed by atoms with van der Waals surface area (Å²) in [6.45, 7) is 3.98. The molecule has 98 heavy (non-hydrogen) atoms. The van der Waals surface area contributed by atoms with Gasteiger partial charge in [0.05, 0.1) is 48.4 Å². The number of amides is 2. The Morgan fingerprint density at radius 2 is 1.03 bits per heavy atom. The van der Waals surface area contributed by atoms with Gasteiger partial charge in [0.2, 0.25) is 11.8 Å². The molecule has 8 N–H and O–H groups in total. The first-order valence-electron chi connectivity index (χ1n) is 30.7. The molecule has 23 nitrogen and oxygen atoms in total. The van der Waals surface area contributed by atoms with Gasteiger partial charge >= 0.3 is 5.97 Å². The number of nitrogens with two attached hydrogens (primary N) is 1. The highest BCUT2D eigenvalue weighted by molar-refractivity contribution is 9.11. The van der Waals surface area contributed by atoms with E-state index in [4.69, 9.17) is 31.9 Å². The first kappa shape index (κ1) is 74.2. The number of aliphatic carboxylic acids is 1. The van der Waals surface area contributed by atoms with Crippen molar-refractivity contribution in [2.75, 3.05) is 60.6 Å². The number of nitrogens with one attached hydrogen (secondary N) is 5. The predicted molar refractivity (Wildman–Crippen MR) is 391 cm³/mol. The lowest BCUT2D eigenvalue weighted by Crippen LogP contribution is -2.19. The number of ketones is 4. The molecule has 2 amide bonds. The van der Waals surface area contributed by atoms with Gasteiger partial charge in [-0.2, -0.15) is 0 Å². The number of rotatable bonds is 17. The molecule has 4 atom stereocenters. The van der Waals surface area contributed by atoms with Gasteiger partial charge in [0.15, 0.2) is 5.78 Å². The molecule has 2 fully saturated rings. The van der Waals surface area contributed by atoms with E-state index in [-0.39, 0.29) is 85.0 Å². The van der Waals surface area contributed by atoms with Crippen LogP contribution in [0.15, 0.2) is 182 Å². The fourth-order valence-corrected chi connectivity index (χ4v) is 11.8. The zero-order chi connectivity index (χ0) is 70.6. The number of halogens is 4. The molecule has 508 valence electrons. The Labute approximate surface area is 595 Å². The molecule has 0 saturated heterocycles. The first-order chi connectivity index (χ1) is 46.9. The predicted octanol–water partition coefficient (Wildman–Crippen LogP) is 14.8. The standard InChI is InChI=1S/C22H19BrN4O3.C21H17BrN4O3.C14H11BrN4.C8H12O4.C6H12ClN/c1-30-17-7-13(20(28)11-17)8-21(29)26-16-5-6-19-18(10-16)22(25-12-24-19)27-15-4-2-3-14(23)9-15;22-13-2-1-3-14(8-13)26-21-17-9-15(4-5-18(17)23-11-24-21)25-20(29)7-12-6-16(27)10-19(12)28;15-9-2-1-3-11(6-9)19-14-12-7-10(16)4-5-13(12)17-8-18-14;1-12-6-2-5(3-8(10)11)7(9)4-6;1-5(2)6(7)8(3)4/h2-6,9-13H,7-8H2,1H3,(H,26,29)(H,24,25,27);1-5,8-9,11-12H,6-7,10H2,(H,25,29)(H,23,24,26);1-8H,16H2,(H,17,18,19);5-6H,2-4H2,1H3,(H,10,11);1-4H3. The van der Waals surface area contributed by atoms with Crippen molar-refractivity contribution in [2.45, 2.75) is 71.3 Å². The van der Waals surface area contributed by atoms with Crippen molar-refractivity contribution in [1.82, 2.24) is 34.8 Å². The number of hydrogen-bond donors (Lipinski definition) is 7. The number of methoxy groups -OCH3 is 2. The number of anilines is 9. The lowest BCUT2D eigenvalue weighted by Gasteiger charge is -2.12. The van der Waals surface area contributed by atoms with Crippen molar-refractivity contribution < 1.29 is 48.1 Å². The summed E-state index contributed by atoms with van der Waals surface area (Å²) < 4.78 is 13.0. The molecular weight excluding hydrogens is 1470 g/mol. The Morgan fingerprint density at radius 3 is 1.41 bits per heavy atom. The van der Waals surface area contributed by atoms with Crippen molar-refractivity contribution in [3.05, 3.63) is 182 Å². The van der Waals surface area contributed by atoms with Gasteiger partial charge in [-0.15, -0.1) is 0 Å². The van der Waals surface area contributed by atoms with Crippen LogP contribution in [0.4, 0.5) is 51.6 Å². The fourth-order valence-electron chi connectivity index (χ4n) is 10.6. The van der Waals surface area contributed by atoms with E-state index >= 15 is 0 Å². The second kappa shape index (κ2) is 35.6. The Bertz CT molecular complexity index is 4500. The molecule has 0 bridgehead atoms. The lowest BCUT2D eigenvalue weighted by atomic mass is 10.0. The van der Waals surface area contributed by atoms with E-state index in [1.54, 1.807) is 37.7 Å². The minimum absolute atomic E-state index is 0.0110. The molecule has 0 aliphatic heterocycles. The monoisotopic (exact) mass is 1540 g/mol. The highest BCUT2D eigenvalue weighted by Gasteiger charge is 2.34. The summed E-state index contributed by atoms with van der Waals surface area (Å²) in [5, 5.41) is 27.2. The number of Topliss-reactive ketones (excluding diaryl/α,β-unsaturated/α-hetero) is 3. The fraction of sp³-hybridized carbons (Fsp3) is 0.254. The van der Waals surface area contributed by atoms with Gasteiger partial charge in [-0.05, 0) is 135 Å². The van der Waals surface area contributed by atoms with Gasteiger partial charge in [-0.3, -0.25) is 33.6 Å². The van der Waals surface area contributed by atoms with Crippen LogP contribution in [0.25, 0.3) is 32.7 Å². The van der Waals surface area contributed by atoms with Gasteiger partial charge in [0, 0.05) is 141 Å². The van der Waals surface area contributed by atoms with Gasteiger partial charge in [0.1, 0.15) is 58.9 Å². The molecule has 2 saturated carbocycles. The highest BCUT2D eigenvalue weighted by atomic mass is 79.9. The van der Waals surface area contributed by atoms with Crippen LogP contribution < -0.4 is 32.3 Å². The molecule has 3 aromatic heterocycles. The van der Waals surface area contributed by atoms with Crippen LogP contribution in [-0.2, 0) is 43.0 Å². The number of carbonyl (C=O) groups is 7. The number of fused-ring (bicyclic) bond motifs is 3. The smallest absolute Gasteiger partial charge is 0.304 e. The summed E-state index contributed by atoms with van der Waals surface area (Å²) in [4.78, 5) is 109. The lowest BCUT2D eigenvalue weighted by molar-refractivity contribution is -0.140. The van der Waals surface area contributed by atoms with Crippen molar-refractivity contribution >= 4 is 185 Å². The van der Waals surface area contributed by atoms with E-state index in [2.05, 4.69) is 104 Å². The van der Waals surface area contributed by atoms with Crippen molar-refractivity contribution in [3.63, 3.8) is 0 Å². The number of carboxylic acid groups (broad SMARTS) is 1. The summed E-state index contributed by atoms with van der Waals surface area (Å²) in [6, 6.07) is 39.7. The number of hydrogen-bond acceptors (Lipinski definition) is 20. The zero-order valence-corrected chi connectivity index (χ0v) is 59.8. The highest BCUT2D eigenvalue weighted by Crippen LogP contribution is 2.33. The molecule has 3 aliphatic carbocycles. The Hall–Kier alpha value is -9.60. The molecule has 9 aromatic rings. The molecule has 0 radical (unpaired) electrons. The second-order valence-electron chi connectivity index (χ2n) is 23.3. The number of allylic oxidation sites excluding steroid dienone is 3. The first-order valence-corrected chi connectivity index (χ1v) is 33.4. The van der Waals surface area contributed by atoms with E-state index < -0.39 is 11.9 Å². The van der Waals surface area contributed by atoms with Gasteiger partial charge < -0.3 is 51.8 Å². The van der Waals surface area contributed by atoms with E-state index in [1.165, 1.54) is 25.8 Å². The van der Waals surface area contributed by atoms with E-state index in [9.17, 15) is 33.6 Å². The molecule has 12 rings (SSSR count). The average Bonchev–Trinajstić information content (AvgIpc) is 1.12. The summed E-state index contributed by atoms with van der Waals surface area (Å²) in [7, 11) is 6.92. The third-order valence-corrected chi connectivity index (χ3v) is 17.5. The molecule has 3 heterocycles. The van der Waals surface area contributed by atoms with Gasteiger partial charge in [0.25, 0.3) is 0 Å². The number of nitrogens with zero attached hydrogens (tertiary/aromatic N) is 7. The number of carboxylic acids is 1.